The first-order valence-corrected chi connectivity index (χ1v) is 12.1. The molecule has 1 N–H and O–H groups in total. The Morgan fingerprint density at radius 3 is 2.29 bits per heavy atom. The summed E-state index contributed by atoms with van der Waals surface area (Å²) in [6.45, 7) is -0.0188. The molecular weight excluding hydrogens is 455 g/mol. The van der Waals surface area contributed by atoms with Gasteiger partial charge in [-0.25, -0.2) is 12.8 Å². The zero-order valence-electron chi connectivity index (χ0n) is 18.2. The highest BCUT2D eigenvalue weighted by molar-refractivity contribution is 7.92. The van der Waals surface area contributed by atoms with Gasteiger partial charge in [0.2, 0.25) is 5.91 Å². The maximum Gasteiger partial charge on any atom is 0.264 e. The largest absolute Gasteiger partial charge is 0.491 e. The Morgan fingerprint density at radius 1 is 0.853 bits per heavy atom. The molecule has 0 saturated heterocycles. The Morgan fingerprint density at radius 2 is 1.53 bits per heavy atom. The maximum atomic E-state index is 13.3. The number of para-hydroxylation sites is 1. The molecule has 8 heteroatoms. The van der Waals surface area contributed by atoms with Crippen LogP contribution in [0.15, 0.2) is 102 Å². The SMILES string of the molecule is O=C(CN(c1ccccc1)S(=O)(=O)c1ccc(F)cc1)NCCOc1cccc2ccccc12. The minimum absolute atomic E-state index is 0.107. The molecule has 0 heterocycles. The second kappa shape index (κ2) is 10.4. The normalized spacial score (nSPS) is 11.2. The van der Waals surface area contributed by atoms with Gasteiger partial charge in [0.05, 0.1) is 17.1 Å². The molecule has 174 valence electrons. The third-order valence-electron chi connectivity index (χ3n) is 5.16. The van der Waals surface area contributed by atoms with Crippen molar-refractivity contribution in [2.75, 3.05) is 24.0 Å². The van der Waals surface area contributed by atoms with Crippen LogP contribution in [0.3, 0.4) is 0 Å². The van der Waals surface area contributed by atoms with Gasteiger partial charge < -0.3 is 10.1 Å². The van der Waals surface area contributed by atoms with Crippen LogP contribution in [-0.4, -0.2) is 34.0 Å². The van der Waals surface area contributed by atoms with E-state index in [-0.39, 0.29) is 18.0 Å². The molecule has 6 nitrogen and oxygen atoms in total. The predicted octanol–water partition coefficient (Wildman–Crippen LogP) is 4.37. The molecule has 4 aromatic carbocycles. The number of nitrogens with zero attached hydrogens (tertiary/aromatic N) is 1. The highest BCUT2D eigenvalue weighted by atomic mass is 32.2. The van der Waals surface area contributed by atoms with Crippen LogP contribution in [0.5, 0.6) is 5.75 Å². The van der Waals surface area contributed by atoms with Gasteiger partial charge in [0.25, 0.3) is 10.0 Å². The van der Waals surface area contributed by atoms with E-state index in [0.29, 0.717) is 11.4 Å². The number of amides is 1. The highest BCUT2D eigenvalue weighted by Crippen LogP contribution is 2.25. The maximum absolute atomic E-state index is 13.3. The molecule has 0 unspecified atom stereocenters. The molecule has 0 saturated carbocycles. The highest BCUT2D eigenvalue weighted by Gasteiger charge is 2.27. The van der Waals surface area contributed by atoms with E-state index in [0.717, 1.165) is 27.2 Å². The Bertz CT molecular complexity index is 1370. The summed E-state index contributed by atoms with van der Waals surface area (Å²) in [5, 5.41) is 4.72. The number of halogens is 1. The Balaban J connectivity index is 1.42. The monoisotopic (exact) mass is 478 g/mol. The van der Waals surface area contributed by atoms with Crippen molar-refractivity contribution in [3.63, 3.8) is 0 Å². The summed E-state index contributed by atoms with van der Waals surface area (Å²) in [6, 6.07) is 26.4. The van der Waals surface area contributed by atoms with E-state index in [4.69, 9.17) is 4.74 Å². The summed E-state index contributed by atoms with van der Waals surface area (Å²) in [5.74, 6) is -0.331. The van der Waals surface area contributed by atoms with Crippen molar-refractivity contribution in [3.8, 4) is 5.75 Å². The van der Waals surface area contributed by atoms with Crippen molar-refractivity contribution in [3.05, 3.63) is 103 Å². The number of carbonyl (C=O) groups is 1. The smallest absolute Gasteiger partial charge is 0.264 e. The van der Waals surface area contributed by atoms with E-state index in [1.807, 2.05) is 42.5 Å². The fraction of sp³-hybridized carbons (Fsp3) is 0.115. The number of ether oxygens (including phenoxy) is 1. The van der Waals surface area contributed by atoms with E-state index >= 15 is 0 Å². The van der Waals surface area contributed by atoms with Crippen molar-refractivity contribution in [2.45, 2.75) is 4.90 Å². The van der Waals surface area contributed by atoms with Gasteiger partial charge in [-0.1, -0.05) is 54.6 Å². The molecule has 0 aliphatic rings. The van der Waals surface area contributed by atoms with Crippen LogP contribution in [0.4, 0.5) is 10.1 Å². The van der Waals surface area contributed by atoms with Gasteiger partial charge in [-0.2, -0.15) is 0 Å². The van der Waals surface area contributed by atoms with E-state index in [2.05, 4.69) is 5.32 Å². The van der Waals surface area contributed by atoms with Gasteiger partial charge >= 0.3 is 0 Å². The third-order valence-corrected chi connectivity index (χ3v) is 6.95. The van der Waals surface area contributed by atoms with Crippen LogP contribution in [0.1, 0.15) is 0 Å². The zero-order chi connectivity index (χ0) is 24.0. The van der Waals surface area contributed by atoms with Gasteiger partial charge in [-0.3, -0.25) is 9.10 Å². The Labute approximate surface area is 197 Å². The lowest BCUT2D eigenvalue weighted by atomic mass is 10.1. The number of nitrogens with one attached hydrogen (secondary N) is 1. The number of benzene rings is 4. The molecule has 34 heavy (non-hydrogen) atoms. The molecule has 0 fully saturated rings. The van der Waals surface area contributed by atoms with Gasteiger partial charge in [0.15, 0.2) is 0 Å². The first kappa shape index (κ1) is 23.3. The number of rotatable bonds is 9. The van der Waals surface area contributed by atoms with E-state index in [1.54, 1.807) is 30.3 Å². The minimum atomic E-state index is -4.09. The molecule has 0 aliphatic heterocycles. The lowest BCUT2D eigenvalue weighted by molar-refractivity contribution is -0.119. The zero-order valence-corrected chi connectivity index (χ0v) is 19.0. The number of sulfonamides is 1. The fourth-order valence-electron chi connectivity index (χ4n) is 3.50. The van der Waals surface area contributed by atoms with Gasteiger partial charge in [0, 0.05) is 5.39 Å². The molecule has 0 aromatic heterocycles. The molecule has 0 aliphatic carbocycles. The standard InChI is InChI=1S/C26H23FN2O4S/c27-21-13-15-23(16-14-21)34(31,32)29(22-9-2-1-3-10-22)19-26(30)28-17-18-33-25-12-6-8-20-7-4-5-11-24(20)25/h1-16H,17-19H2,(H,28,30). The number of carbonyl (C=O) groups excluding carboxylic acids is 1. The Kier molecular flexibility index (Phi) is 7.08. The van der Waals surface area contributed by atoms with E-state index < -0.39 is 28.3 Å². The van der Waals surface area contributed by atoms with Gasteiger partial charge in [-0.15, -0.1) is 0 Å². The lowest BCUT2D eigenvalue weighted by Crippen LogP contribution is -2.41. The molecular formula is C26H23FN2O4S. The molecule has 4 aromatic rings. The fourth-order valence-corrected chi connectivity index (χ4v) is 4.92. The predicted molar refractivity (Wildman–Crippen MR) is 130 cm³/mol. The van der Waals surface area contributed by atoms with Crippen LogP contribution >= 0.6 is 0 Å². The van der Waals surface area contributed by atoms with Crippen LogP contribution in [0, 0.1) is 5.82 Å². The molecule has 0 spiro atoms. The average molecular weight is 479 g/mol. The summed E-state index contributed by atoms with van der Waals surface area (Å²) in [7, 11) is -4.09. The van der Waals surface area contributed by atoms with Crippen molar-refractivity contribution in [2.24, 2.45) is 0 Å². The minimum Gasteiger partial charge on any atom is -0.491 e. The topological polar surface area (TPSA) is 75.7 Å². The quantitative estimate of drug-likeness (QED) is 0.363. The second-order valence-corrected chi connectivity index (χ2v) is 9.34. The second-order valence-electron chi connectivity index (χ2n) is 7.48. The third kappa shape index (κ3) is 5.35. The van der Waals surface area contributed by atoms with Crippen LogP contribution in [0.25, 0.3) is 10.8 Å². The van der Waals surface area contributed by atoms with Gasteiger partial charge in [-0.05, 0) is 47.9 Å². The molecule has 0 atom stereocenters. The van der Waals surface area contributed by atoms with Crippen LogP contribution < -0.4 is 14.4 Å². The molecule has 0 bridgehead atoms. The number of fused-ring (bicyclic) bond motifs is 1. The summed E-state index contributed by atoms with van der Waals surface area (Å²) in [4.78, 5) is 12.5. The summed E-state index contributed by atoms with van der Waals surface area (Å²) < 4.78 is 46.6. The summed E-state index contributed by atoms with van der Waals surface area (Å²) in [6.07, 6.45) is 0. The van der Waals surface area contributed by atoms with E-state index in [9.17, 15) is 17.6 Å². The lowest BCUT2D eigenvalue weighted by Gasteiger charge is -2.24. The first-order chi connectivity index (χ1) is 16.4. The first-order valence-electron chi connectivity index (χ1n) is 10.7. The van der Waals surface area contributed by atoms with Gasteiger partial charge in [0.1, 0.15) is 24.7 Å². The van der Waals surface area contributed by atoms with Crippen LogP contribution in [0.2, 0.25) is 0 Å². The van der Waals surface area contributed by atoms with Crippen molar-refractivity contribution >= 4 is 32.4 Å². The molecule has 4 rings (SSSR count). The number of hydrogen-bond acceptors (Lipinski definition) is 4. The Hall–Kier alpha value is -3.91. The summed E-state index contributed by atoms with van der Waals surface area (Å²) >= 11 is 0. The average Bonchev–Trinajstić information content (AvgIpc) is 2.86. The number of hydrogen-bond donors (Lipinski definition) is 1. The summed E-state index contributed by atoms with van der Waals surface area (Å²) in [5.41, 5.74) is 0.328. The van der Waals surface area contributed by atoms with Crippen molar-refractivity contribution in [1.29, 1.82) is 0 Å². The van der Waals surface area contributed by atoms with Crippen molar-refractivity contribution in [1.82, 2.24) is 5.32 Å². The van der Waals surface area contributed by atoms with Crippen molar-refractivity contribution < 1.29 is 22.3 Å². The van der Waals surface area contributed by atoms with Crippen LogP contribution in [-0.2, 0) is 14.8 Å². The molecule has 1 amide bonds. The molecule has 0 radical (unpaired) electrons. The van der Waals surface area contributed by atoms with E-state index in [1.165, 1.54) is 12.1 Å². The number of anilines is 1.